The lowest BCUT2D eigenvalue weighted by atomic mass is 10.1. The Hall–Kier alpha value is -3.69. The molecule has 2 aliphatic rings. The van der Waals surface area contributed by atoms with E-state index in [-0.39, 0.29) is 35.4 Å². The van der Waals surface area contributed by atoms with Crippen LogP contribution in [-0.2, 0) is 20.9 Å². The summed E-state index contributed by atoms with van der Waals surface area (Å²) in [6, 6.07) is 16.4. The number of furan rings is 1. The second-order valence-corrected chi connectivity index (χ2v) is 9.91. The van der Waals surface area contributed by atoms with Gasteiger partial charge in [-0.15, -0.1) is 0 Å². The van der Waals surface area contributed by atoms with Crippen LogP contribution < -0.4 is 10.2 Å². The summed E-state index contributed by atoms with van der Waals surface area (Å²) in [4.78, 5) is 43.0. The maximum Gasteiger partial charge on any atom is 0.267 e. The van der Waals surface area contributed by atoms with E-state index in [0.29, 0.717) is 21.3 Å². The van der Waals surface area contributed by atoms with Gasteiger partial charge >= 0.3 is 0 Å². The SMILES string of the molecule is Cc1cccc(C)c1NC(=O)CN1C(=O)/C(=C2\SC(=S)N(Cc3ccco3)C2=O)c2ccccc21. The fourth-order valence-electron chi connectivity index (χ4n) is 4.23. The first kappa shape index (κ1) is 23.1. The fourth-order valence-corrected chi connectivity index (χ4v) is 5.56. The van der Waals surface area contributed by atoms with Gasteiger partial charge in [-0.25, -0.2) is 0 Å². The standard InChI is InChI=1S/C26H21N3O4S2/c1-15-7-5-8-16(2)22(15)27-20(30)14-28-19-11-4-3-10-18(19)21(24(28)31)23-25(32)29(26(34)35-23)13-17-9-6-12-33-17/h3-12H,13-14H2,1-2H3,(H,27,30)/b23-21-. The lowest BCUT2D eigenvalue weighted by molar-refractivity contribution is -0.123. The Morgan fingerprint density at radius 1 is 0.971 bits per heavy atom. The van der Waals surface area contributed by atoms with Gasteiger partial charge in [0.05, 0.1) is 29.0 Å². The van der Waals surface area contributed by atoms with Gasteiger partial charge in [0.15, 0.2) is 0 Å². The number of fused-ring (bicyclic) bond motifs is 1. The molecule has 35 heavy (non-hydrogen) atoms. The summed E-state index contributed by atoms with van der Waals surface area (Å²) in [6.45, 7) is 3.84. The van der Waals surface area contributed by atoms with Gasteiger partial charge in [-0.05, 0) is 43.2 Å². The van der Waals surface area contributed by atoms with E-state index in [1.165, 1.54) is 16.1 Å². The third-order valence-corrected chi connectivity index (χ3v) is 7.39. The first-order chi connectivity index (χ1) is 16.8. The number of nitrogens with one attached hydrogen (secondary N) is 1. The molecule has 5 rings (SSSR count). The summed E-state index contributed by atoms with van der Waals surface area (Å²) in [5.74, 6) is -0.481. The molecule has 3 aromatic rings. The van der Waals surface area contributed by atoms with E-state index < -0.39 is 5.91 Å². The molecule has 176 valence electrons. The van der Waals surface area contributed by atoms with Crippen LogP contribution in [0.4, 0.5) is 11.4 Å². The van der Waals surface area contributed by atoms with E-state index in [1.54, 1.807) is 36.4 Å². The highest BCUT2D eigenvalue weighted by molar-refractivity contribution is 8.26. The summed E-state index contributed by atoms with van der Waals surface area (Å²) in [6.07, 6.45) is 1.53. The molecule has 1 saturated heterocycles. The predicted octanol–water partition coefficient (Wildman–Crippen LogP) is 4.65. The number of carbonyl (C=O) groups is 3. The number of hydrogen-bond donors (Lipinski definition) is 1. The molecule has 7 nitrogen and oxygen atoms in total. The molecule has 1 N–H and O–H groups in total. The van der Waals surface area contributed by atoms with E-state index in [2.05, 4.69) is 5.32 Å². The predicted molar refractivity (Wildman–Crippen MR) is 140 cm³/mol. The normalized spacial score (nSPS) is 17.4. The minimum Gasteiger partial charge on any atom is -0.467 e. The highest BCUT2D eigenvalue weighted by Gasteiger charge is 2.42. The molecule has 3 heterocycles. The molecular formula is C26H21N3O4S2. The van der Waals surface area contributed by atoms with Crippen LogP contribution in [0.1, 0.15) is 22.5 Å². The zero-order valence-electron chi connectivity index (χ0n) is 19.0. The Bertz CT molecular complexity index is 1390. The Kier molecular flexibility index (Phi) is 6.04. The molecule has 0 radical (unpaired) electrons. The number of carbonyl (C=O) groups excluding carboxylic acids is 3. The molecule has 0 saturated carbocycles. The van der Waals surface area contributed by atoms with E-state index in [4.69, 9.17) is 16.6 Å². The van der Waals surface area contributed by atoms with Crippen molar-refractivity contribution in [3.05, 3.63) is 88.2 Å². The smallest absolute Gasteiger partial charge is 0.267 e. The number of aryl methyl sites for hydroxylation is 2. The number of anilines is 2. The summed E-state index contributed by atoms with van der Waals surface area (Å²) in [7, 11) is 0. The topological polar surface area (TPSA) is 82.9 Å². The summed E-state index contributed by atoms with van der Waals surface area (Å²) in [5, 5.41) is 2.93. The summed E-state index contributed by atoms with van der Waals surface area (Å²) >= 11 is 6.53. The molecule has 3 amide bonds. The number of thioether (sulfide) groups is 1. The highest BCUT2D eigenvalue weighted by atomic mass is 32.2. The van der Waals surface area contributed by atoms with Crippen molar-refractivity contribution in [3.8, 4) is 0 Å². The minimum atomic E-state index is -0.402. The Labute approximate surface area is 211 Å². The monoisotopic (exact) mass is 503 g/mol. The van der Waals surface area contributed by atoms with Crippen molar-refractivity contribution in [2.24, 2.45) is 0 Å². The Morgan fingerprint density at radius 3 is 2.43 bits per heavy atom. The lowest BCUT2D eigenvalue weighted by Crippen LogP contribution is -2.36. The number of amides is 3. The van der Waals surface area contributed by atoms with Crippen molar-refractivity contribution in [2.45, 2.75) is 20.4 Å². The van der Waals surface area contributed by atoms with Crippen LogP contribution in [0.25, 0.3) is 5.57 Å². The van der Waals surface area contributed by atoms with Crippen molar-refractivity contribution in [1.29, 1.82) is 0 Å². The molecule has 0 bridgehead atoms. The minimum absolute atomic E-state index is 0.181. The summed E-state index contributed by atoms with van der Waals surface area (Å²) in [5.41, 5.74) is 4.06. The van der Waals surface area contributed by atoms with Crippen molar-refractivity contribution in [3.63, 3.8) is 0 Å². The van der Waals surface area contributed by atoms with Crippen LogP contribution in [0, 0.1) is 13.8 Å². The number of hydrogen-bond acceptors (Lipinski definition) is 6. The van der Waals surface area contributed by atoms with E-state index in [1.807, 2.05) is 32.0 Å². The molecule has 1 aromatic heterocycles. The molecule has 1 fully saturated rings. The first-order valence-corrected chi connectivity index (χ1v) is 12.2. The number of nitrogens with zero attached hydrogens (tertiary/aromatic N) is 2. The molecule has 2 aromatic carbocycles. The molecule has 9 heteroatoms. The fraction of sp³-hybridized carbons (Fsp3) is 0.154. The molecule has 0 unspecified atom stereocenters. The highest BCUT2D eigenvalue weighted by Crippen LogP contribution is 2.44. The average molecular weight is 504 g/mol. The number of para-hydroxylation sites is 2. The number of thiocarbonyl (C=S) groups is 1. The zero-order chi connectivity index (χ0) is 24.7. The Morgan fingerprint density at radius 2 is 1.71 bits per heavy atom. The van der Waals surface area contributed by atoms with Gasteiger partial charge in [-0.3, -0.25) is 24.2 Å². The van der Waals surface area contributed by atoms with Crippen LogP contribution in [-0.4, -0.2) is 33.5 Å². The zero-order valence-corrected chi connectivity index (χ0v) is 20.7. The van der Waals surface area contributed by atoms with Crippen molar-refractivity contribution in [2.75, 3.05) is 16.8 Å². The maximum atomic E-state index is 13.6. The van der Waals surface area contributed by atoms with Crippen molar-refractivity contribution < 1.29 is 18.8 Å². The van der Waals surface area contributed by atoms with E-state index in [9.17, 15) is 14.4 Å². The van der Waals surface area contributed by atoms with Crippen LogP contribution in [0.15, 0.2) is 70.2 Å². The van der Waals surface area contributed by atoms with Crippen LogP contribution in [0.5, 0.6) is 0 Å². The van der Waals surface area contributed by atoms with Crippen LogP contribution in [0.3, 0.4) is 0 Å². The third kappa shape index (κ3) is 4.17. The van der Waals surface area contributed by atoms with Crippen LogP contribution >= 0.6 is 24.0 Å². The second kappa shape index (κ2) is 9.16. The van der Waals surface area contributed by atoms with Gasteiger partial charge in [0.2, 0.25) is 5.91 Å². The molecule has 0 atom stereocenters. The molecule has 0 spiro atoms. The van der Waals surface area contributed by atoms with E-state index in [0.717, 1.165) is 28.6 Å². The lowest BCUT2D eigenvalue weighted by Gasteiger charge is -2.18. The third-order valence-electron chi connectivity index (χ3n) is 5.94. The van der Waals surface area contributed by atoms with Gasteiger partial charge in [0.1, 0.15) is 16.6 Å². The quantitative estimate of drug-likeness (QED) is 0.403. The van der Waals surface area contributed by atoms with Crippen molar-refractivity contribution >= 4 is 63.0 Å². The largest absolute Gasteiger partial charge is 0.467 e. The van der Waals surface area contributed by atoms with Gasteiger partial charge in [-0.1, -0.05) is 60.4 Å². The first-order valence-electron chi connectivity index (χ1n) is 10.9. The van der Waals surface area contributed by atoms with Gasteiger partial charge in [0, 0.05) is 11.3 Å². The Balaban J connectivity index is 1.45. The average Bonchev–Trinajstić information content (AvgIpc) is 3.51. The second-order valence-electron chi connectivity index (χ2n) is 8.27. The van der Waals surface area contributed by atoms with Gasteiger partial charge < -0.3 is 9.73 Å². The molecular weight excluding hydrogens is 482 g/mol. The van der Waals surface area contributed by atoms with Crippen molar-refractivity contribution in [1.82, 2.24) is 4.90 Å². The molecule has 2 aliphatic heterocycles. The van der Waals surface area contributed by atoms with Gasteiger partial charge in [-0.2, -0.15) is 0 Å². The summed E-state index contributed by atoms with van der Waals surface area (Å²) < 4.78 is 5.71. The van der Waals surface area contributed by atoms with Gasteiger partial charge in [0.25, 0.3) is 11.8 Å². The van der Waals surface area contributed by atoms with Crippen LogP contribution in [0.2, 0.25) is 0 Å². The number of benzene rings is 2. The number of rotatable bonds is 5. The molecule has 0 aliphatic carbocycles. The maximum absolute atomic E-state index is 13.6. The van der Waals surface area contributed by atoms with E-state index >= 15 is 0 Å².